The molecule has 0 spiro atoms. The van der Waals surface area contributed by atoms with E-state index in [0.717, 1.165) is 73.6 Å². The van der Waals surface area contributed by atoms with Gasteiger partial charge in [0, 0.05) is 12.5 Å². The average Bonchev–Trinajstić information content (AvgIpc) is 2.76. The minimum Gasteiger partial charge on any atom is -0.493 e. The lowest BCUT2D eigenvalue weighted by Crippen LogP contribution is -2.32. The summed E-state index contributed by atoms with van der Waals surface area (Å²) >= 11 is 0. The van der Waals surface area contributed by atoms with E-state index >= 15 is 0 Å². The van der Waals surface area contributed by atoms with Gasteiger partial charge in [-0.1, -0.05) is 12.1 Å². The summed E-state index contributed by atoms with van der Waals surface area (Å²) in [6.07, 6.45) is 3.11. The van der Waals surface area contributed by atoms with E-state index in [1.807, 2.05) is 13.0 Å². The topological polar surface area (TPSA) is 71.0 Å². The van der Waals surface area contributed by atoms with Crippen LogP contribution < -0.4 is 14.8 Å². The van der Waals surface area contributed by atoms with Crippen LogP contribution in [0.15, 0.2) is 24.3 Å². The molecule has 1 unspecified atom stereocenters. The lowest BCUT2D eigenvalue weighted by molar-refractivity contribution is -0.136. The van der Waals surface area contributed by atoms with Gasteiger partial charge in [0.2, 0.25) is 0 Å². The van der Waals surface area contributed by atoms with Crippen molar-refractivity contribution >= 4 is 5.97 Å². The Morgan fingerprint density at radius 1 is 1.06 bits per heavy atom. The highest BCUT2D eigenvalue weighted by molar-refractivity contribution is 5.71. The summed E-state index contributed by atoms with van der Waals surface area (Å²) in [4.78, 5) is 13.6. The first-order chi connectivity index (χ1) is 15.8. The number of carbonyl (C=O) groups is 1. The number of fused-ring (bicyclic) bond motifs is 1. The van der Waals surface area contributed by atoms with Crippen molar-refractivity contribution in [1.29, 1.82) is 0 Å². The SMILES string of the molecule is COc1cc2c(cc1OC)C(CN(C)CCCNCCc1cc(C)c(C)cc1CC(=O)O)C2. The van der Waals surface area contributed by atoms with E-state index in [4.69, 9.17) is 9.47 Å². The maximum atomic E-state index is 11.2. The van der Waals surface area contributed by atoms with Gasteiger partial charge < -0.3 is 24.8 Å². The molecule has 0 radical (unpaired) electrons. The molecule has 3 rings (SSSR count). The molecular formula is C27H38N2O4. The minimum atomic E-state index is -0.776. The minimum absolute atomic E-state index is 0.0875. The number of carboxylic acid groups (broad SMARTS) is 1. The number of likely N-dealkylation sites (N-methyl/N-ethyl adjacent to an activating group) is 1. The van der Waals surface area contributed by atoms with Crippen LogP contribution in [0.3, 0.4) is 0 Å². The molecule has 1 aliphatic rings. The Balaban J connectivity index is 1.38. The Hall–Kier alpha value is -2.57. The second kappa shape index (κ2) is 11.5. The van der Waals surface area contributed by atoms with Crippen LogP contribution in [0, 0.1) is 13.8 Å². The first kappa shape index (κ1) is 25.1. The molecule has 0 saturated carbocycles. The summed E-state index contributed by atoms with van der Waals surface area (Å²) in [6, 6.07) is 8.40. The predicted octanol–water partition coefficient (Wildman–Crippen LogP) is 3.74. The largest absolute Gasteiger partial charge is 0.493 e. The molecule has 2 aromatic rings. The first-order valence-corrected chi connectivity index (χ1v) is 11.8. The molecule has 2 N–H and O–H groups in total. The molecule has 0 bridgehead atoms. The number of nitrogens with one attached hydrogen (secondary N) is 1. The molecule has 180 valence electrons. The zero-order valence-corrected chi connectivity index (χ0v) is 20.7. The maximum Gasteiger partial charge on any atom is 0.307 e. The highest BCUT2D eigenvalue weighted by Crippen LogP contribution is 2.42. The summed E-state index contributed by atoms with van der Waals surface area (Å²) in [5.41, 5.74) is 7.18. The van der Waals surface area contributed by atoms with Gasteiger partial charge >= 0.3 is 5.97 Å². The van der Waals surface area contributed by atoms with Gasteiger partial charge in [0.1, 0.15) is 0 Å². The Kier molecular flexibility index (Phi) is 8.75. The number of hydrogen-bond donors (Lipinski definition) is 2. The Morgan fingerprint density at radius 3 is 2.39 bits per heavy atom. The van der Waals surface area contributed by atoms with Crippen LogP contribution in [0.5, 0.6) is 11.5 Å². The summed E-state index contributed by atoms with van der Waals surface area (Å²) in [5.74, 6) is 1.39. The van der Waals surface area contributed by atoms with E-state index in [1.165, 1.54) is 16.7 Å². The fourth-order valence-corrected chi connectivity index (χ4v) is 4.69. The van der Waals surface area contributed by atoms with Crippen LogP contribution in [-0.2, 0) is 24.1 Å². The molecule has 6 heteroatoms. The van der Waals surface area contributed by atoms with Gasteiger partial charge in [-0.2, -0.15) is 0 Å². The molecule has 0 heterocycles. The zero-order valence-electron chi connectivity index (χ0n) is 20.7. The van der Waals surface area contributed by atoms with E-state index < -0.39 is 5.97 Å². The summed E-state index contributed by atoms with van der Waals surface area (Å²) < 4.78 is 10.9. The van der Waals surface area contributed by atoms with E-state index in [-0.39, 0.29) is 6.42 Å². The fourth-order valence-electron chi connectivity index (χ4n) is 4.69. The standard InChI is InChI=1S/C27H38N2O4/c1-18-11-20(21(12-19(18)2)15-27(30)31)7-9-28-8-6-10-29(3)17-23-13-22-14-25(32-4)26(33-5)16-24(22)23/h11-12,14,16,23,28H,6-10,13,15,17H2,1-5H3,(H,30,31). The van der Waals surface area contributed by atoms with Crippen molar-refractivity contribution in [3.05, 3.63) is 57.6 Å². The summed E-state index contributed by atoms with van der Waals surface area (Å²) in [7, 11) is 5.55. The third-order valence-electron chi connectivity index (χ3n) is 6.71. The second-order valence-electron chi connectivity index (χ2n) is 9.20. The maximum absolute atomic E-state index is 11.2. The Bertz CT molecular complexity index is 973. The van der Waals surface area contributed by atoms with E-state index in [9.17, 15) is 9.90 Å². The third kappa shape index (κ3) is 6.49. The molecule has 33 heavy (non-hydrogen) atoms. The van der Waals surface area contributed by atoms with Crippen LogP contribution in [0.1, 0.15) is 45.7 Å². The lowest BCUT2D eigenvalue weighted by Gasteiger charge is -2.34. The fraction of sp³-hybridized carbons (Fsp3) is 0.519. The number of rotatable bonds is 13. The molecule has 1 aliphatic carbocycles. The zero-order chi connectivity index (χ0) is 24.0. The number of methoxy groups -OCH3 is 2. The molecule has 2 aromatic carbocycles. The number of carboxylic acids is 1. The molecular weight excluding hydrogens is 416 g/mol. The average molecular weight is 455 g/mol. The normalized spacial score (nSPS) is 14.7. The molecule has 6 nitrogen and oxygen atoms in total. The van der Waals surface area contributed by atoms with Crippen LogP contribution in [0.25, 0.3) is 0 Å². The lowest BCUT2D eigenvalue weighted by atomic mass is 9.77. The molecule has 0 aliphatic heterocycles. The second-order valence-corrected chi connectivity index (χ2v) is 9.20. The van der Waals surface area contributed by atoms with Gasteiger partial charge in [0.05, 0.1) is 20.6 Å². The van der Waals surface area contributed by atoms with Crippen molar-refractivity contribution in [2.75, 3.05) is 47.4 Å². The van der Waals surface area contributed by atoms with E-state index in [1.54, 1.807) is 14.2 Å². The van der Waals surface area contributed by atoms with Gasteiger partial charge in [0.25, 0.3) is 0 Å². The first-order valence-electron chi connectivity index (χ1n) is 11.8. The quantitative estimate of drug-likeness (QED) is 0.449. The Labute approximate surface area is 197 Å². The molecule has 0 saturated heterocycles. The number of nitrogens with zero attached hydrogens (tertiary/aromatic N) is 1. The molecule has 1 atom stereocenters. The van der Waals surface area contributed by atoms with Crippen LogP contribution >= 0.6 is 0 Å². The molecule has 0 fully saturated rings. The molecule has 0 aromatic heterocycles. The van der Waals surface area contributed by atoms with Gasteiger partial charge in [-0.05, 0) is 105 Å². The monoisotopic (exact) mass is 454 g/mol. The molecule has 0 amide bonds. The van der Waals surface area contributed by atoms with E-state index in [2.05, 4.69) is 42.4 Å². The van der Waals surface area contributed by atoms with Gasteiger partial charge in [-0.15, -0.1) is 0 Å². The Morgan fingerprint density at radius 2 is 1.73 bits per heavy atom. The summed E-state index contributed by atoms with van der Waals surface area (Å²) in [5, 5.41) is 12.7. The van der Waals surface area contributed by atoms with Gasteiger partial charge in [-0.3, -0.25) is 4.79 Å². The van der Waals surface area contributed by atoms with E-state index in [0.29, 0.717) is 5.92 Å². The highest BCUT2D eigenvalue weighted by Gasteiger charge is 2.29. The number of ether oxygens (including phenoxy) is 2. The van der Waals surface area contributed by atoms with Gasteiger partial charge in [-0.25, -0.2) is 0 Å². The van der Waals surface area contributed by atoms with Crippen molar-refractivity contribution in [1.82, 2.24) is 10.2 Å². The van der Waals surface area contributed by atoms with Crippen LogP contribution in [0.4, 0.5) is 0 Å². The van der Waals surface area contributed by atoms with Crippen molar-refractivity contribution in [2.45, 2.75) is 45.4 Å². The smallest absolute Gasteiger partial charge is 0.307 e. The number of benzene rings is 2. The van der Waals surface area contributed by atoms with Crippen molar-refractivity contribution in [3.63, 3.8) is 0 Å². The number of aryl methyl sites for hydroxylation is 2. The third-order valence-corrected chi connectivity index (χ3v) is 6.71. The summed E-state index contributed by atoms with van der Waals surface area (Å²) in [6.45, 7) is 8.02. The van der Waals surface area contributed by atoms with Crippen LogP contribution in [-0.4, -0.2) is 63.4 Å². The van der Waals surface area contributed by atoms with Gasteiger partial charge in [0.15, 0.2) is 11.5 Å². The highest BCUT2D eigenvalue weighted by atomic mass is 16.5. The van der Waals surface area contributed by atoms with Crippen molar-refractivity contribution in [2.24, 2.45) is 0 Å². The van der Waals surface area contributed by atoms with Crippen LogP contribution in [0.2, 0.25) is 0 Å². The van der Waals surface area contributed by atoms with Crippen molar-refractivity contribution in [3.8, 4) is 11.5 Å². The predicted molar refractivity (Wildman–Crippen MR) is 132 cm³/mol. The number of hydrogen-bond acceptors (Lipinski definition) is 5. The van der Waals surface area contributed by atoms with Crippen molar-refractivity contribution < 1.29 is 19.4 Å². The number of aliphatic carboxylic acids is 1.